The summed E-state index contributed by atoms with van der Waals surface area (Å²) in [5, 5.41) is 3.47. The average molecular weight is 296 g/mol. The monoisotopic (exact) mass is 296 g/mol. The van der Waals surface area contributed by atoms with Crippen LogP contribution in [0.4, 0.5) is 0 Å². The standard InChI is InChI=1S/C16H28N2OS/c1-12(2)17-10-16-9-14(13(3)20-16)11-19-8-7-18(4)15-5-6-15/h9,12,15,17H,5-8,10-11H2,1-4H3. The number of rotatable bonds is 9. The van der Waals surface area contributed by atoms with E-state index in [9.17, 15) is 0 Å². The van der Waals surface area contributed by atoms with Crippen LogP contribution in [-0.4, -0.2) is 37.2 Å². The summed E-state index contributed by atoms with van der Waals surface area (Å²) in [6.07, 6.45) is 2.73. The van der Waals surface area contributed by atoms with Gasteiger partial charge in [0.2, 0.25) is 0 Å². The number of nitrogens with zero attached hydrogens (tertiary/aromatic N) is 1. The Balaban J connectivity index is 1.69. The van der Waals surface area contributed by atoms with Crippen LogP contribution in [0.1, 0.15) is 42.0 Å². The second-order valence-corrected chi connectivity index (χ2v) is 7.43. The maximum absolute atomic E-state index is 5.83. The van der Waals surface area contributed by atoms with Crippen molar-refractivity contribution in [3.05, 3.63) is 21.4 Å². The van der Waals surface area contributed by atoms with E-state index in [1.54, 1.807) is 0 Å². The van der Waals surface area contributed by atoms with Crippen LogP contribution in [0.3, 0.4) is 0 Å². The molecule has 20 heavy (non-hydrogen) atoms. The Morgan fingerprint density at radius 1 is 1.45 bits per heavy atom. The molecule has 4 heteroatoms. The van der Waals surface area contributed by atoms with Crippen LogP contribution in [0.15, 0.2) is 6.07 Å². The van der Waals surface area contributed by atoms with Gasteiger partial charge in [-0.15, -0.1) is 11.3 Å². The van der Waals surface area contributed by atoms with E-state index in [4.69, 9.17) is 4.74 Å². The summed E-state index contributed by atoms with van der Waals surface area (Å²) in [5.41, 5.74) is 1.35. The van der Waals surface area contributed by atoms with Gasteiger partial charge in [0, 0.05) is 34.9 Å². The summed E-state index contributed by atoms with van der Waals surface area (Å²) in [7, 11) is 2.20. The highest BCUT2D eigenvalue weighted by Gasteiger charge is 2.25. The van der Waals surface area contributed by atoms with Crippen molar-refractivity contribution >= 4 is 11.3 Å². The lowest BCUT2D eigenvalue weighted by molar-refractivity contribution is 0.0978. The Bertz CT molecular complexity index is 413. The highest BCUT2D eigenvalue weighted by Crippen LogP contribution is 2.25. The van der Waals surface area contributed by atoms with E-state index in [0.717, 1.165) is 32.3 Å². The quantitative estimate of drug-likeness (QED) is 0.708. The summed E-state index contributed by atoms with van der Waals surface area (Å²) in [5.74, 6) is 0. The van der Waals surface area contributed by atoms with Gasteiger partial charge in [-0.2, -0.15) is 0 Å². The fraction of sp³-hybridized carbons (Fsp3) is 0.750. The lowest BCUT2D eigenvalue weighted by Crippen LogP contribution is -2.25. The first-order chi connectivity index (χ1) is 9.56. The molecule has 0 unspecified atom stereocenters. The number of aryl methyl sites for hydroxylation is 1. The molecule has 1 aliphatic carbocycles. The van der Waals surface area contributed by atoms with Gasteiger partial charge >= 0.3 is 0 Å². The third-order valence-electron chi connectivity index (χ3n) is 3.77. The van der Waals surface area contributed by atoms with Gasteiger partial charge in [-0.1, -0.05) is 13.8 Å². The van der Waals surface area contributed by atoms with Gasteiger partial charge in [0.25, 0.3) is 0 Å². The summed E-state index contributed by atoms with van der Waals surface area (Å²) < 4.78 is 5.83. The number of likely N-dealkylation sites (N-methyl/N-ethyl adjacent to an activating group) is 1. The Hall–Kier alpha value is -0.420. The maximum atomic E-state index is 5.83. The number of ether oxygens (including phenoxy) is 1. The predicted octanol–water partition coefficient (Wildman–Crippen LogP) is 3.17. The molecule has 0 amide bonds. The molecule has 0 bridgehead atoms. The van der Waals surface area contributed by atoms with Gasteiger partial charge in [0.05, 0.1) is 13.2 Å². The predicted molar refractivity (Wildman–Crippen MR) is 86.3 cm³/mol. The molecule has 0 aliphatic heterocycles. The molecule has 3 nitrogen and oxygen atoms in total. The molecule has 0 aromatic carbocycles. The lowest BCUT2D eigenvalue weighted by atomic mass is 10.2. The number of nitrogens with one attached hydrogen (secondary N) is 1. The van der Waals surface area contributed by atoms with E-state index >= 15 is 0 Å². The molecule has 1 N–H and O–H groups in total. The molecule has 1 saturated carbocycles. The minimum absolute atomic E-state index is 0.537. The average Bonchev–Trinajstić information content (AvgIpc) is 3.18. The SMILES string of the molecule is Cc1sc(CNC(C)C)cc1COCCN(C)C1CC1. The first-order valence-electron chi connectivity index (χ1n) is 7.66. The van der Waals surface area contributed by atoms with Crippen LogP contribution in [0.2, 0.25) is 0 Å². The molecule has 1 aromatic heterocycles. The molecule has 0 atom stereocenters. The van der Waals surface area contributed by atoms with Crippen LogP contribution < -0.4 is 5.32 Å². The summed E-state index contributed by atoms with van der Waals surface area (Å²) in [6.45, 7) is 10.2. The summed E-state index contributed by atoms with van der Waals surface area (Å²) in [4.78, 5) is 5.21. The van der Waals surface area contributed by atoms with Crippen molar-refractivity contribution in [3.63, 3.8) is 0 Å². The van der Waals surface area contributed by atoms with Crippen molar-refractivity contribution in [2.45, 2.75) is 58.8 Å². The molecule has 2 rings (SSSR count). The Morgan fingerprint density at radius 3 is 2.85 bits per heavy atom. The van der Waals surface area contributed by atoms with E-state index in [2.05, 4.69) is 44.1 Å². The van der Waals surface area contributed by atoms with Crippen molar-refractivity contribution in [2.24, 2.45) is 0 Å². The van der Waals surface area contributed by atoms with Crippen molar-refractivity contribution in [1.82, 2.24) is 10.2 Å². The Labute approximate surface area is 127 Å². The van der Waals surface area contributed by atoms with Gasteiger partial charge < -0.3 is 15.0 Å². The molecule has 1 heterocycles. The second-order valence-electron chi connectivity index (χ2n) is 6.09. The zero-order valence-electron chi connectivity index (χ0n) is 13.2. The summed E-state index contributed by atoms with van der Waals surface area (Å²) >= 11 is 1.88. The van der Waals surface area contributed by atoms with Gasteiger partial charge in [-0.05, 0) is 38.4 Å². The minimum atomic E-state index is 0.537. The van der Waals surface area contributed by atoms with Crippen molar-refractivity contribution in [2.75, 3.05) is 20.2 Å². The number of hydrogen-bond donors (Lipinski definition) is 1. The van der Waals surface area contributed by atoms with Crippen LogP contribution in [-0.2, 0) is 17.9 Å². The van der Waals surface area contributed by atoms with Crippen molar-refractivity contribution in [3.8, 4) is 0 Å². The minimum Gasteiger partial charge on any atom is -0.375 e. The van der Waals surface area contributed by atoms with E-state index in [0.29, 0.717) is 6.04 Å². The fourth-order valence-electron chi connectivity index (χ4n) is 2.21. The van der Waals surface area contributed by atoms with Crippen LogP contribution >= 0.6 is 11.3 Å². The Kier molecular flexibility index (Phi) is 6.02. The zero-order chi connectivity index (χ0) is 14.5. The number of thiophene rings is 1. The third kappa shape index (κ3) is 5.17. The summed E-state index contributed by atoms with van der Waals surface area (Å²) in [6, 6.07) is 3.66. The van der Waals surface area contributed by atoms with Crippen molar-refractivity contribution < 1.29 is 4.74 Å². The van der Waals surface area contributed by atoms with Crippen LogP contribution in [0.25, 0.3) is 0 Å². The topological polar surface area (TPSA) is 24.5 Å². The molecule has 1 aromatic rings. The second kappa shape index (κ2) is 7.55. The van der Waals surface area contributed by atoms with E-state index in [1.165, 1.54) is 28.2 Å². The largest absolute Gasteiger partial charge is 0.375 e. The molecule has 1 fully saturated rings. The van der Waals surface area contributed by atoms with E-state index in [-0.39, 0.29) is 0 Å². The normalized spacial score (nSPS) is 15.5. The fourth-order valence-corrected chi connectivity index (χ4v) is 3.21. The molecule has 1 aliphatic rings. The zero-order valence-corrected chi connectivity index (χ0v) is 14.1. The first-order valence-corrected chi connectivity index (χ1v) is 8.47. The van der Waals surface area contributed by atoms with Crippen molar-refractivity contribution in [1.29, 1.82) is 0 Å². The van der Waals surface area contributed by atoms with Gasteiger partial charge in [0.15, 0.2) is 0 Å². The molecule has 114 valence electrons. The number of hydrogen-bond acceptors (Lipinski definition) is 4. The van der Waals surface area contributed by atoms with Crippen LogP contribution in [0, 0.1) is 6.92 Å². The molecule has 0 spiro atoms. The first kappa shape index (κ1) is 16.0. The maximum Gasteiger partial charge on any atom is 0.0728 e. The smallest absolute Gasteiger partial charge is 0.0728 e. The molecule has 0 radical (unpaired) electrons. The van der Waals surface area contributed by atoms with E-state index < -0.39 is 0 Å². The van der Waals surface area contributed by atoms with Gasteiger partial charge in [0.1, 0.15) is 0 Å². The highest BCUT2D eigenvalue weighted by atomic mass is 32.1. The van der Waals surface area contributed by atoms with E-state index in [1.807, 2.05) is 11.3 Å². The van der Waals surface area contributed by atoms with Crippen LogP contribution in [0.5, 0.6) is 0 Å². The Morgan fingerprint density at radius 2 is 2.20 bits per heavy atom. The lowest BCUT2D eigenvalue weighted by Gasteiger charge is -2.15. The van der Waals surface area contributed by atoms with Gasteiger partial charge in [-0.3, -0.25) is 0 Å². The third-order valence-corrected chi connectivity index (χ3v) is 4.87. The highest BCUT2D eigenvalue weighted by molar-refractivity contribution is 7.12. The van der Waals surface area contributed by atoms with Gasteiger partial charge in [-0.25, -0.2) is 0 Å². The molecule has 0 saturated heterocycles. The molecular formula is C16H28N2OS. The molecular weight excluding hydrogens is 268 g/mol.